The lowest BCUT2D eigenvalue weighted by atomic mass is 9.78. The van der Waals surface area contributed by atoms with Crippen molar-refractivity contribution in [2.45, 2.75) is 70.1 Å². The molecule has 3 heterocycles. The Hall–Kier alpha value is -1.39. The van der Waals surface area contributed by atoms with Crippen molar-refractivity contribution < 1.29 is 4.74 Å². The summed E-state index contributed by atoms with van der Waals surface area (Å²) in [5.74, 6) is 0. The van der Waals surface area contributed by atoms with Gasteiger partial charge in [-0.2, -0.15) is 0 Å². The van der Waals surface area contributed by atoms with Crippen LogP contribution < -0.4 is 5.32 Å². The Kier molecular flexibility index (Phi) is 4.12. The third kappa shape index (κ3) is 3.02. The third-order valence-electron chi connectivity index (χ3n) is 5.64. The summed E-state index contributed by atoms with van der Waals surface area (Å²) in [5, 5.41) is 3.79. The first kappa shape index (κ1) is 15.2. The van der Waals surface area contributed by atoms with E-state index >= 15 is 0 Å². The molecule has 1 aliphatic heterocycles. The molecule has 2 aromatic heterocycles. The zero-order chi connectivity index (χ0) is 15.7. The number of rotatable bonds is 3. The Morgan fingerprint density at radius 1 is 1.30 bits per heavy atom. The molecule has 1 aliphatic carbocycles. The molecule has 23 heavy (non-hydrogen) atoms. The van der Waals surface area contributed by atoms with E-state index in [0.29, 0.717) is 6.04 Å². The minimum absolute atomic E-state index is 0.169. The van der Waals surface area contributed by atoms with Crippen molar-refractivity contribution in [3.63, 3.8) is 0 Å². The van der Waals surface area contributed by atoms with Gasteiger partial charge in [0, 0.05) is 25.4 Å². The van der Waals surface area contributed by atoms with Crippen molar-refractivity contribution in [1.82, 2.24) is 14.7 Å². The molecule has 1 unspecified atom stereocenters. The zero-order valence-corrected chi connectivity index (χ0v) is 14.1. The summed E-state index contributed by atoms with van der Waals surface area (Å²) in [6.07, 6.45) is 10.9. The molecule has 4 rings (SSSR count). The van der Waals surface area contributed by atoms with Gasteiger partial charge < -0.3 is 14.5 Å². The molecule has 0 bridgehead atoms. The van der Waals surface area contributed by atoms with Crippen LogP contribution in [0.4, 0.5) is 0 Å². The highest BCUT2D eigenvalue weighted by molar-refractivity contribution is 5.42. The van der Waals surface area contributed by atoms with Crippen LogP contribution >= 0.6 is 0 Å². The second kappa shape index (κ2) is 6.25. The van der Waals surface area contributed by atoms with Gasteiger partial charge in [-0.05, 0) is 44.7 Å². The Bertz CT molecular complexity index is 667. The molecular weight excluding hydrogens is 286 g/mol. The van der Waals surface area contributed by atoms with E-state index in [1.54, 1.807) is 0 Å². The fraction of sp³-hybridized carbons (Fsp3) is 0.632. The van der Waals surface area contributed by atoms with Gasteiger partial charge in [0.1, 0.15) is 5.65 Å². The number of aryl methyl sites for hydroxylation is 1. The average Bonchev–Trinajstić information content (AvgIpc) is 2.89. The molecule has 2 aliphatic rings. The molecule has 1 atom stereocenters. The average molecular weight is 313 g/mol. The SMILES string of the molecule is Cc1nc2ccccn2c1CNC1CCOC2(CCCCC2)C1. The van der Waals surface area contributed by atoms with Gasteiger partial charge in [0.05, 0.1) is 17.0 Å². The van der Waals surface area contributed by atoms with Crippen LogP contribution in [0.1, 0.15) is 56.3 Å². The predicted octanol–water partition coefficient (Wildman–Crippen LogP) is 3.61. The first-order valence-corrected chi connectivity index (χ1v) is 9.06. The van der Waals surface area contributed by atoms with Crippen LogP contribution in [0.5, 0.6) is 0 Å². The lowest BCUT2D eigenvalue weighted by Crippen LogP contribution is -2.48. The van der Waals surface area contributed by atoms with E-state index in [4.69, 9.17) is 4.74 Å². The van der Waals surface area contributed by atoms with E-state index in [1.165, 1.54) is 44.2 Å². The van der Waals surface area contributed by atoms with E-state index in [-0.39, 0.29) is 5.60 Å². The maximum absolute atomic E-state index is 6.21. The van der Waals surface area contributed by atoms with Crippen molar-refractivity contribution in [2.24, 2.45) is 0 Å². The van der Waals surface area contributed by atoms with Crippen molar-refractivity contribution in [3.05, 3.63) is 35.8 Å². The molecule has 1 saturated carbocycles. The van der Waals surface area contributed by atoms with Crippen molar-refractivity contribution in [2.75, 3.05) is 6.61 Å². The first-order chi connectivity index (χ1) is 11.3. The van der Waals surface area contributed by atoms with Crippen LogP contribution in [0, 0.1) is 6.92 Å². The number of aromatic nitrogens is 2. The molecule has 0 aromatic carbocycles. The first-order valence-electron chi connectivity index (χ1n) is 9.06. The number of ether oxygens (including phenoxy) is 1. The Morgan fingerprint density at radius 3 is 3.04 bits per heavy atom. The molecule has 2 fully saturated rings. The molecule has 4 heteroatoms. The van der Waals surface area contributed by atoms with Crippen LogP contribution in [0.2, 0.25) is 0 Å². The largest absolute Gasteiger partial charge is 0.375 e. The minimum atomic E-state index is 0.169. The van der Waals surface area contributed by atoms with Gasteiger partial charge in [-0.15, -0.1) is 0 Å². The van der Waals surface area contributed by atoms with Gasteiger partial charge in [-0.25, -0.2) is 4.98 Å². The normalized spacial score (nSPS) is 24.3. The lowest BCUT2D eigenvalue weighted by Gasteiger charge is -2.43. The summed E-state index contributed by atoms with van der Waals surface area (Å²) < 4.78 is 8.42. The Labute approximate surface area is 138 Å². The number of nitrogens with zero attached hydrogens (tertiary/aromatic N) is 2. The molecule has 124 valence electrons. The van der Waals surface area contributed by atoms with Gasteiger partial charge in [0.2, 0.25) is 0 Å². The topological polar surface area (TPSA) is 38.6 Å². The summed E-state index contributed by atoms with van der Waals surface area (Å²) in [4.78, 5) is 4.66. The summed E-state index contributed by atoms with van der Waals surface area (Å²) in [6, 6.07) is 6.76. The predicted molar refractivity (Wildman–Crippen MR) is 91.6 cm³/mol. The molecule has 0 amide bonds. The number of hydrogen-bond acceptors (Lipinski definition) is 3. The van der Waals surface area contributed by atoms with Gasteiger partial charge in [-0.3, -0.25) is 0 Å². The van der Waals surface area contributed by atoms with Crippen molar-refractivity contribution >= 4 is 5.65 Å². The van der Waals surface area contributed by atoms with Crippen LogP contribution in [0.15, 0.2) is 24.4 Å². The smallest absolute Gasteiger partial charge is 0.137 e. The highest BCUT2D eigenvalue weighted by Gasteiger charge is 2.38. The fourth-order valence-electron chi connectivity index (χ4n) is 4.36. The molecule has 0 radical (unpaired) electrons. The summed E-state index contributed by atoms with van der Waals surface area (Å²) in [6.45, 7) is 3.90. The molecule has 1 saturated heterocycles. The van der Waals surface area contributed by atoms with Crippen LogP contribution in [0.25, 0.3) is 5.65 Å². The highest BCUT2D eigenvalue weighted by atomic mass is 16.5. The number of imidazole rings is 1. The van der Waals surface area contributed by atoms with E-state index in [0.717, 1.165) is 30.9 Å². The third-order valence-corrected chi connectivity index (χ3v) is 5.64. The van der Waals surface area contributed by atoms with Crippen LogP contribution in [-0.4, -0.2) is 27.6 Å². The monoisotopic (exact) mass is 313 g/mol. The molecule has 4 nitrogen and oxygen atoms in total. The second-order valence-electron chi connectivity index (χ2n) is 7.24. The van der Waals surface area contributed by atoms with Gasteiger partial charge in [0.15, 0.2) is 0 Å². The lowest BCUT2D eigenvalue weighted by molar-refractivity contribution is -0.109. The zero-order valence-electron chi connectivity index (χ0n) is 14.1. The highest BCUT2D eigenvalue weighted by Crippen LogP contribution is 2.38. The molecular formula is C19H27N3O. The quantitative estimate of drug-likeness (QED) is 0.940. The number of pyridine rings is 1. The number of fused-ring (bicyclic) bond motifs is 1. The van der Waals surface area contributed by atoms with E-state index in [2.05, 4.69) is 40.0 Å². The van der Waals surface area contributed by atoms with Crippen LogP contribution in [0.3, 0.4) is 0 Å². The van der Waals surface area contributed by atoms with Crippen molar-refractivity contribution in [1.29, 1.82) is 0 Å². The minimum Gasteiger partial charge on any atom is -0.375 e. The standard InChI is InChI=1S/C19H27N3O/c1-15-17(22-11-6-3-7-18(22)21-15)14-20-16-8-12-23-19(13-16)9-4-2-5-10-19/h3,6-7,11,16,20H,2,4-5,8-10,12-14H2,1H3. The van der Waals surface area contributed by atoms with E-state index in [1.807, 2.05) is 6.07 Å². The van der Waals surface area contributed by atoms with Crippen LogP contribution in [-0.2, 0) is 11.3 Å². The Morgan fingerprint density at radius 2 is 2.17 bits per heavy atom. The molecule has 1 N–H and O–H groups in total. The maximum Gasteiger partial charge on any atom is 0.137 e. The number of hydrogen-bond donors (Lipinski definition) is 1. The van der Waals surface area contributed by atoms with Gasteiger partial charge in [0.25, 0.3) is 0 Å². The maximum atomic E-state index is 6.21. The summed E-state index contributed by atoms with van der Waals surface area (Å²) >= 11 is 0. The summed E-state index contributed by atoms with van der Waals surface area (Å²) in [5.41, 5.74) is 3.62. The van der Waals surface area contributed by atoms with E-state index < -0.39 is 0 Å². The molecule has 2 aromatic rings. The second-order valence-corrected chi connectivity index (χ2v) is 7.24. The number of nitrogens with one attached hydrogen (secondary N) is 1. The Balaban J connectivity index is 1.45. The fourth-order valence-corrected chi connectivity index (χ4v) is 4.36. The van der Waals surface area contributed by atoms with E-state index in [9.17, 15) is 0 Å². The van der Waals surface area contributed by atoms with Gasteiger partial charge in [-0.1, -0.05) is 25.3 Å². The van der Waals surface area contributed by atoms with Gasteiger partial charge >= 0.3 is 0 Å². The van der Waals surface area contributed by atoms with Crippen molar-refractivity contribution in [3.8, 4) is 0 Å². The molecule has 1 spiro atoms. The summed E-state index contributed by atoms with van der Waals surface area (Å²) in [7, 11) is 0.